The molecule has 0 aliphatic rings. The summed E-state index contributed by atoms with van der Waals surface area (Å²) >= 11 is 0. The molecule has 0 saturated heterocycles. The molecule has 0 aliphatic heterocycles. The molecule has 1 radical (unpaired) electrons. The average molecular weight is 517 g/mol. The maximum atomic E-state index is 8.52. The van der Waals surface area contributed by atoms with E-state index in [9.17, 15) is 0 Å². The molecule has 23 heavy (non-hydrogen) atoms. The first kappa shape index (κ1) is 49.8. The van der Waals surface area contributed by atoms with Crippen LogP contribution in [0.4, 0.5) is 4.79 Å². The van der Waals surface area contributed by atoms with Crippen LogP contribution < -0.4 is 34.7 Å². The van der Waals surface area contributed by atoms with Crippen LogP contribution in [0.15, 0.2) is 0 Å². The Morgan fingerprint density at radius 1 is 0.696 bits per heavy atom. The van der Waals surface area contributed by atoms with Gasteiger partial charge in [0, 0.05) is 31.2 Å². The third-order valence-corrected chi connectivity index (χ3v) is 0. The molecule has 1 N–H and O–H groups in total. The number of hydrogen-bond donors (Lipinski definition) is 1. The Balaban J connectivity index is -0.0000000206. The van der Waals surface area contributed by atoms with Gasteiger partial charge in [-0.25, -0.2) is 0 Å². The number of carbonyl (C=O) groups is 1. The molecule has 0 heterocycles. The van der Waals surface area contributed by atoms with E-state index in [1.807, 2.05) is 0 Å². The quantitative estimate of drug-likeness (QED) is 0.177. The SMILES string of the molecule is O=C([O-])O.O=S(=O)([O-])[O-].O=S(=O)([O-])[O-].O=S(=O)([O-])[O-].[Mg+2].[Mn+2].[Na+].[Zn+2]. The molecular weight excluding hydrogens is 516 g/mol. The van der Waals surface area contributed by atoms with Gasteiger partial charge in [-0.3, -0.25) is 25.3 Å². The van der Waals surface area contributed by atoms with Gasteiger partial charge < -0.3 is 42.3 Å². The van der Waals surface area contributed by atoms with E-state index in [0.29, 0.717) is 0 Å². The van der Waals surface area contributed by atoms with E-state index in [4.69, 9.17) is 67.6 Å². The van der Waals surface area contributed by atoms with Crippen molar-refractivity contribution in [3.8, 4) is 0 Å². The second-order valence-electron chi connectivity index (χ2n) is 1.49. The maximum Gasteiger partial charge on any atom is 2.00 e. The molecule has 0 bridgehead atoms. The number of hydrogen-bond acceptors (Lipinski definition) is 14. The summed E-state index contributed by atoms with van der Waals surface area (Å²) in [7, 11) is -15.5. The Bertz CT molecular complexity index is 438. The Morgan fingerprint density at radius 2 is 0.696 bits per heavy atom. The monoisotopic (exact) mass is 515 g/mol. The van der Waals surface area contributed by atoms with Gasteiger partial charge in [0.1, 0.15) is 0 Å². The van der Waals surface area contributed by atoms with Gasteiger partial charge in [-0.2, -0.15) is 0 Å². The van der Waals surface area contributed by atoms with Gasteiger partial charge >= 0.3 is 89.2 Å². The standard InChI is InChI=1S/CH2O3.Mg.Mn.Na.3H2O4S.Zn/c2-1(3)4;;;;3*1-5(2,3)4;/h(H2,2,3,4);;;;3*(H2,1,2,3,4);/q;2*+2;+1;;;;+2/p-7. The van der Waals surface area contributed by atoms with Crippen LogP contribution in [-0.4, -0.2) is 86.9 Å². The normalized spacial score (nSPS) is 8.61. The number of rotatable bonds is 0. The third kappa shape index (κ3) is 3530. The van der Waals surface area contributed by atoms with E-state index in [1.54, 1.807) is 0 Å². The Labute approximate surface area is 192 Å². The van der Waals surface area contributed by atoms with Crippen molar-refractivity contribution in [2.45, 2.75) is 0 Å². The molecule has 0 amide bonds. The number of carboxylic acid groups (broad SMARTS) is 2. The molecule has 0 aliphatic carbocycles. The van der Waals surface area contributed by atoms with Crippen LogP contribution in [0.5, 0.6) is 0 Å². The molecule has 125 valence electrons. The summed E-state index contributed by atoms with van der Waals surface area (Å²) in [5.74, 6) is 0. The summed E-state index contributed by atoms with van der Waals surface area (Å²) in [6.45, 7) is 0. The molecular formula is CHMgMnNaO15S3Zn. The predicted octanol–water partition coefficient (Wildman–Crippen LogP) is -8.51. The van der Waals surface area contributed by atoms with Crippen molar-refractivity contribution in [3.05, 3.63) is 0 Å². The Kier molecular flexibility index (Phi) is 51.5. The van der Waals surface area contributed by atoms with Gasteiger partial charge in [0.25, 0.3) is 0 Å². The second-order valence-corrected chi connectivity index (χ2v) is 3.94. The van der Waals surface area contributed by atoms with Gasteiger partial charge in [0.05, 0.1) is 0 Å². The molecule has 22 heteroatoms. The van der Waals surface area contributed by atoms with E-state index in [1.165, 1.54) is 0 Å². The molecule has 0 saturated carbocycles. The van der Waals surface area contributed by atoms with Crippen LogP contribution in [0.3, 0.4) is 0 Å². The van der Waals surface area contributed by atoms with Crippen LogP contribution in [0.2, 0.25) is 0 Å². The van der Waals surface area contributed by atoms with Crippen LogP contribution in [0.25, 0.3) is 0 Å². The summed E-state index contributed by atoms with van der Waals surface area (Å²) in [6.07, 6.45) is -2.08. The predicted molar refractivity (Wildman–Crippen MR) is 45.2 cm³/mol. The first-order valence-electron chi connectivity index (χ1n) is 2.63. The average Bonchev–Trinajstić information content (AvgIpc) is 1.66. The van der Waals surface area contributed by atoms with Crippen LogP contribution in [0, 0.1) is 0 Å². The van der Waals surface area contributed by atoms with Crippen molar-refractivity contribution in [2.24, 2.45) is 0 Å². The van der Waals surface area contributed by atoms with E-state index < -0.39 is 37.4 Å². The molecule has 0 aromatic rings. The zero-order chi connectivity index (χ0) is 17.1. The van der Waals surface area contributed by atoms with Crippen LogP contribution in [0.1, 0.15) is 0 Å². The summed E-state index contributed by atoms with van der Waals surface area (Å²) in [5.41, 5.74) is 0. The summed E-state index contributed by atoms with van der Waals surface area (Å²) < 4.78 is 102. The molecule has 0 aromatic heterocycles. The minimum Gasteiger partial charge on any atom is -0.759 e. The third-order valence-electron chi connectivity index (χ3n) is 0. The minimum absolute atomic E-state index is 0. The second kappa shape index (κ2) is 23.8. The van der Waals surface area contributed by atoms with Crippen LogP contribution in [-0.2, 0) is 67.7 Å². The zero-order valence-electron chi connectivity index (χ0n) is 10.7. The summed E-state index contributed by atoms with van der Waals surface area (Å²) in [5, 5.41) is 15.3. The van der Waals surface area contributed by atoms with Gasteiger partial charge in [0.2, 0.25) is 6.16 Å². The topological polar surface area (TPSA) is 301 Å². The van der Waals surface area contributed by atoms with Crippen molar-refractivity contribution in [1.82, 2.24) is 0 Å². The van der Waals surface area contributed by atoms with E-state index >= 15 is 0 Å². The van der Waals surface area contributed by atoms with Gasteiger partial charge in [0.15, 0.2) is 0 Å². The molecule has 15 nitrogen and oxygen atoms in total. The summed E-state index contributed by atoms with van der Waals surface area (Å²) in [4.78, 5) is 8.44. The molecule has 0 aromatic carbocycles. The van der Waals surface area contributed by atoms with Crippen molar-refractivity contribution >= 4 is 60.4 Å². The summed E-state index contributed by atoms with van der Waals surface area (Å²) in [6, 6.07) is 0. The fourth-order valence-corrected chi connectivity index (χ4v) is 0. The molecule has 0 rings (SSSR count). The molecule has 0 unspecified atom stereocenters. The zero-order valence-corrected chi connectivity index (χ0v) is 20.7. The van der Waals surface area contributed by atoms with E-state index in [0.717, 1.165) is 0 Å². The van der Waals surface area contributed by atoms with Crippen molar-refractivity contribution in [1.29, 1.82) is 0 Å². The van der Waals surface area contributed by atoms with E-state index in [2.05, 4.69) is 0 Å². The first-order valence-corrected chi connectivity index (χ1v) is 6.63. The molecule has 0 atom stereocenters. The minimum atomic E-state index is -5.17. The maximum absolute atomic E-state index is 8.52. The van der Waals surface area contributed by atoms with Gasteiger partial charge in [-0.05, 0) is 0 Å². The fraction of sp³-hybridized carbons (Fsp3) is 0. The van der Waals surface area contributed by atoms with Crippen molar-refractivity contribution in [2.75, 3.05) is 0 Å². The fourth-order valence-electron chi connectivity index (χ4n) is 0. The van der Waals surface area contributed by atoms with Crippen molar-refractivity contribution < 1.29 is 134 Å². The first-order chi connectivity index (χ1) is 7.73. The Hall–Kier alpha value is 1.79. The Morgan fingerprint density at radius 3 is 0.696 bits per heavy atom. The van der Waals surface area contributed by atoms with Gasteiger partial charge in [-0.15, -0.1) is 0 Å². The van der Waals surface area contributed by atoms with Crippen molar-refractivity contribution in [3.63, 3.8) is 0 Å². The van der Waals surface area contributed by atoms with Crippen LogP contribution >= 0.6 is 0 Å². The largest absolute Gasteiger partial charge is 2.00 e. The smallest absolute Gasteiger partial charge is 0.759 e. The molecule has 0 spiro atoms. The molecule has 0 fully saturated rings. The van der Waals surface area contributed by atoms with E-state index in [-0.39, 0.29) is 89.2 Å². The van der Waals surface area contributed by atoms with Gasteiger partial charge in [-0.1, -0.05) is 0 Å².